The molecule has 1 aliphatic rings. The molecule has 0 amide bonds. The summed E-state index contributed by atoms with van der Waals surface area (Å²) in [6.07, 6.45) is 4.78. The zero-order valence-corrected chi connectivity index (χ0v) is 20.7. The maximum absolute atomic E-state index is 9.97. The van der Waals surface area contributed by atoms with Crippen LogP contribution in [0, 0.1) is 6.92 Å². The van der Waals surface area contributed by atoms with Crippen molar-refractivity contribution in [2.24, 2.45) is 4.99 Å². The fraction of sp³-hybridized carbons (Fsp3) is 0.286. The molecule has 3 heterocycles. The van der Waals surface area contributed by atoms with E-state index in [1.54, 1.807) is 13.3 Å². The maximum Gasteiger partial charge on any atom is 0.290 e. The van der Waals surface area contributed by atoms with E-state index in [1.807, 2.05) is 38.2 Å². The van der Waals surface area contributed by atoms with E-state index in [1.165, 1.54) is 11.1 Å². The van der Waals surface area contributed by atoms with Crippen LogP contribution in [0.25, 0.3) is 10.9 Å². The van der Waals surface area contributed by atoms with Crippen LogP contribution >= 0.6 is 0 Å². The van der Waals surface area contributed by atoms with E-state index < -0.39 is 11.7 Å². The lowest BCUT2D eigenvalue weighted by molar-refractivity contribution is -0.0197. The molecule has 0 saturated carbocycles. The van der Waals surface area contributed by atoms with Crippen LogP contribution in [0.15, 0.2) is 72.1 Å². The Kier molecular flexibility index (Phi) is 6.52. The predicted molar refractivity (Wildman–Crippen MR) is 143 cm³/mol. The van der Waals surface area contributed by atoms with Crippen molar-refractivity contribution in [1.29, 1.82) is 0 Å². The van der Waals surface area contributed by atoms with Gasteiger partial charge in [-0.3, -0.25) is 4.98 Å². The molecule has 184 valence electrons. The summed E-state index contributed by atoms with van der Waals surface area (Å²) < 4.78 is 5.86. The second-order valence-electron chi connectivity index (χ2n) is 9.42. The number of amidine groups is 1. The van der Waals surface area contributed by atoms with Crippen molar-refractivity contribution in [2.45, 2.75) is 45.3 Å². The van der Waals surface area contributed by atoms with Crippen LogP contribution in [-0.2, 0) is 17.6 Å². The van der Waals surface area contributed by atoms with E-state index in [9.17, 15) is 5.11 Å². The summed E-state index contributed by atoms with van der Waals surface area (Å²) in [4.78, 5) is 17.6. The molecule has 0 radical (unpaired) electrons. The molecule has 1 aliphatic heterocycles. The summed E-state index contributed by atoms with van der Waals surface area (Å²) in [5.41, 5.74) is 5.39. The van der Waals surface area contributed by atoms with Gasteiger partial charge in [-0.2, -0.15) is 0 Å². The smallest absolute Gasteiger partial charge is 0.290 e. The molecule has 0 aliphatic carbocycles. The number of aryl methyl sites for hydroxylation is 3. The maximum atomic E-state index is 9.97. The molecule has 8 nitrogen and oxygen atoms in total. The fourth-order valence-electron chi connectivity index (χ4n) is 3.98. The normalized spacial score (nSPS) is 17.9. The van der Waals surface area contributed by atoms with E-state index in [2.05, 4.69) is 67.0 Å². The number of benzene rings is 2. The molecule has 0 spiro atoms. The molecule has 0 fully saturated rings. The summed E-state index contributed by atoms with van der Waals surface area (Å²) >= 11 is 0. The van der Waals surface area contributed by atoms with Gasteiger partial charge >= 0.3 is 0 Å². The number of pyridine rings is 1. The summed E-state index contributed by atoms with van der Waals surface area (Å²) in [5.74, 6) is 0.713. The average molecular weight is 483 g/mol. The number of aliphatic hydroxyl groups excluding tert-OH is 1. The highest BCUT2D eigenvalue weighted by molar-refractivity contribution is 5.97. The van der Waals surface area contributed by atoms with Gasteiger partial charge in [0.25, 0.3) is 6.02 Å². The summed E-state index contributed by atoms with van der Waals surface area (Å²) in [5, 5.41) is 17.5. The third kappa shape index (κ3) is 5.28. The Morgan fingerprint density at radius 2 is 1.69 bits per heavy atom. The highest BCUT2D eigenvalue weighted by Gasteiger charge is 2.38. The molecular weight excluding hydrogens is 452 g/mol. The molecular formula is C28H30N6O2. The van der Waals surface area contributed by atoms with Crippen molar-refractivity contribution in [3.8, 4) is 0 Å². The third-order valence-corrected chi connectivity index (χ3v) is 6.53. The number of aliphatic hydroxyl groups is 1. The van der Waals surface area contributed by atoms with Crippen molar-refractivity contribution in [1.82, 2.24) is 15.0 Å². The first-order valence-corrected chi connectivity index (χ1v) is 12.1. The van der Waals surface area contributed by atoms with Crippen molar-refractivity contribution >= 4 is 34.1 Å². The van der Waals surface area contributed by atoms with Gasteiger partial charge in [0.05, 0.1) is 18.2 Å². The monoisotopic (exact) mass is 482 g/mol. The van der Waals surface area contributed by atoms with Gasteiger partial charge in [-0.05, 0) is 81.1 Å². The average Bonchev–Trinajstić information content (AvgIpc) is 3.27. The number of ether oxygens (including phenoxy) is 1. The Morgan fingerprint density at radius 3 is 2.42 bits per heavy atom. The van der Waals surface area contributed by atoms with Crippen LogP contribution in [0.4, 0.5) is 17.2 Å². The molecule has 0 saturated heterocycles. The van der Waals surface area contributed by atoms with Crippen molar-refractivity contribution in [3.05, 3.63) is 83.9 Å². The number of nitrogens with zero attached hydrogens (tertiary/aromatic N) is 4. The van der Waals surface area contributed by atoms with Crippen molar-refractivity contribution in [3.63, 3.8) is 0 Å². The molecule has 0 bridgehead atoms. The van der Waals surface area contributed by atoms with Crippen LogP contribution in [-0.4, -0.2) is 44.3 Å². The van der Waals surface area contributed by atoms with Gasteiger partial charge in [0.2, 0.25) is 0 Å². The summed E-state index contributed by atoms with van der Waals surface area (Å²) in [7, 11) is 0. The molecule has 3 N–H and O–H groups in total. The van der Waals surface area contributed by atoms with Crippen LogP contribution in [0.3, 0.4) is 0 Å². The molecule has 8 heteroatoms. The van der Waals surface area contributed by atoms with Gasteiger partial charge in [-0.25, -0.2) is 15.0 Å². The molecule has 36 heavy (non-hydrogen) atoms. The Morgan fingerprint density at radius 1 is 0.944 bits per heavy atom. The lowest BCUT2D eigenvalue weighted by Crippen LogP contribution is -2.41. The minimum atomic E-state index is -0.724. The van der Waals surface area contributed by atoms with Crippen LogP contribution < -0.4 is 10.6 Å². The van der Waals surface area contributed by atoms with E-state index in [-0.39, 0.29) is 0 Å². The zero-order chi connectivity index (χ0) is 25.1. The Bertz CT molecular complexity index is 1390. The van der Waals surface area contributed by atoms with Gasteiger partial charge in [0.15, 0.2) is 5.60 Å². The molecule has 1 unspecified atom stereocenters. The molecule has 4 aromatic rings. The Labute approximate surface area is 210 Å². The molecule has 5 rings (SSSR count). The van der Waals surface area contributed by atoms with Gasteiger partial charge in [0.1, 0.15) is 12.1 Å². The first kappa shape index (κ1) is 23.7. The summed E-state index contributed by atoms with van der Waals surface area (Å²) in [6, 6.07) is 18.8. The van der Waals surface area contributed by atoms with E-state index >= 15 is 0 Å². The van der Waals surface area contributed by atoms with Gasteiger partial charge < -0.3 is 20.5 Å². The molecule has 2 aromatic carbocycles. The van der Waals surface area contributed by atoms with Crippen LogP contribution in [0.2, 0.25) is 0 Å². The second kappa shape index (κ2) is 9.91. The number of hydrogen-bond donors (Lipinski definition) is 3. The fourth-order valence-corrected chi connectivity index (χ4v) is 3.98. The summed E-state index contributed by atoms with van der Waals surface area (Å²) in [6.45, 7) is 5.95. The minimum absolute atomic E-state index is 0.390. The first-order chi connectivity index (χ1) is 17.4. The van der Waals surface area contributed by atoms with E-state index in [0.717, 1.165) is 40.8 Å². The third-order valence-electron chi connectivity index (χ3n) is 6.53. The largest absolute Gasteiger partial charge is 0.454 e. The number of rotatable bonds is 7. The number of fused-ring (bicyclic) bond motifs is 1. The number of aromatic nitrogens is 3. The minimum Gasteiger partial charge on any atom is -0.454 e. The second-order valence-corrected chi connectivity index (χ2v) is 9.42. The SMILES string of the molecule is Cc1ccc(CCc2ccc(Nc3ncnc4ccc(NC5=NC[C@@](C)(C(C)O)O5)cc34)cc2)cn1. The van der Waals surface area contributed by atoms with Crippen molar-refractivity contribution in [2.75, 3.05) is 17.2 Å². The topological polar surface area (TPSA) is 105 Å². The lowest BCUT2D eigenvalue weighted by Gasteiger charge is -2.26. The Hall–Kier alpha value is -4.04. The zero-order valence-electron chi connectivity index (χ0n) is 20.7. The first-order valence-electron chi connectivity index (χ1n) is 12.1. The highest BCUT2D eigenvalue weighted by Crippen LogP contribution is 2.28. The Balaban J connectivity index is 1.27. The van der Waals surface area contributed by atoms with Crippen LogP contribution in [0.5, 0.6) is 0 Å². The standard InChI is InChI=1S/C28H30N6O2/c1-18-4-5-21(15-29-18)7-6-20-8-10-22(11-9-20)33-26-24-14-23(12-13-25(24)31-17-32-26)34-27-30-16-28(3,36-27)19(2)35/h4-5,8-15,17,19,35H,6-7,16H2,1-3H3,(H,30,34)(H,31,32,33)/t19?,28-/m0/s1. The quantitative estimate of drug-likeness (QED) is 0.348. The van der Waals surface area contributed by atoms with Gasteiger partial charge in [-0.15, -0.1) is 0 Å². The highest BCUT2D eigenvalue weighted by atomic mass is 16.5. The molecule has 2 aromatic heterocycles. The predicted octanol–water partition coefficient (Wildman–Crippen LogP) is 4.80. The number of nitrogens with one attached hydrogen (secondary N) is 2. The lowest BCUT2D eigenvalue weighted by atomic mass is 10.0. The van der Waals surface area contributed by atoms with E-state index in [4.69, 9.17) is 4.74 Å². The molecule has 2 atom stereocenters. The van der Waals surface area contributed by atoms with Gasteiger partial charge in [-0.1, -0.05) is 18.2 Å². The van der Waals surface area contributed by atoms with E-state index in [0.29, 0.717) is 18.4 Å². The van der Waals surface area contributed by atoms with Gasteiger partial charge in [0, 0.05) is 28.7 Å². The number of aliphatic imine (C=N–C) groups is 1. The van der Waals surface area contributed by atoms with Crippen molar-refractivity contribution < 1.29 is 9.84 Å². The number of anilines is 3. The number of hydrogen-bond acceptors (Lipinski definition) is 8. The van der Waals surface area contributed by atoms with Crippen LogP contribution in [0.1, 0.15) is 30.7 Å².